The number of aryl methyl sites for hydroxylation is 1. The Labute approximate surface area is 192 Å². The number of ether oxygens (including phenoxy) is 2. The average molecular weight is 462 g/mol. The molecule has 0 atom stereocenters. The van der Waals surface area contributed by atoms with Crippen molar-refractivity contribution in [2.45, 2.75) is 51.2 Å². The van der Waals surface area contributed by atoms with Gasteiger partial charge in [-0.2, -0.15) is 0 Å². The average Bonchev–Trinajstić information content (AvgIpc) is 2.71. The van der Waals surface area contributed by atoms with Crippen molar-refractivity contribution in [1.82, 2.24) is 4.90 Å². The lowest BCUT2D eigenvalue weighted by Gasteiger charge is -2.45. The summed E-state index contributed by atoms with van der Waals surface area (Å²) in [5.74, 6) is 1.11. The Morgan fingerprint density at radius 3 is 2.42 bits per heavy atom. The van der Waals surface area contributed by atoms with E-state index in [2.05, 4.69) is 0 Å². The van der Waals surface area contributed by atoms with Gasteiger partial charge in [0.1, 0.15) is 17.1 Å². The number of halogens is 2. The third kappa shape index (κ3) is 4.39. The maximum absolute atomic E-state index is 13.2. The van der Waals surface area contributed by atoms with E-state index in [0.717, 1.165) is 5.56 Å². The molecule has 0 saturated carbocycles. The number of nitrogens with zero attached hydrogens (tertiary/aromatic N) is 1. The predicted octanol–water partition coefficient (Wildman–Crippen LogP) is 5.49. The van der Waals surface area contributed by atoms with Gasteiger partial charge < -0.3 is 14.4 Å². The van der Waals surface area contributed by atoms with Gasteiger partial charge in [-0.3, -0.25) is 9.59 Å². The van der Waals surface area contributed by atoms with Gasteiger partial charge in [0.2, 0.25) is 0 Å². The van der Waals surface area contributed by atoms with Crippen molar-refractivity contribution in [1.29, 1.82) is 0 Å². The summed E-state index contributed by atoms with van der Waals surface area (Å²) >= 11 is 12.1. The fourth-order valence-corrected chi connectivity index (χ4v) is 4.52. The Balaban J connectivity index is 1.44. The minimum Gasteiger partial charge on any atom is -0.486 e. The van der Waals surface area contributed by atoms with Crippen LogP contribution < -0.4 is 9.47 Å². The number of hydrogen-bond donors (Lipinski definition) is 0. The lowest BCUT2D eigenvalue weighted by atomic mass is 9.82. The van der Waals surface area contributed by atoms with Crippen LogP contribution in [0.4, 0.5) is 0 Å². The van der Waals surface area contributed by atoms with Crippen molar-refractivity contribution in [2.24, 2.45) is 0 Å². The van der Waals surface area contributed by atoms with Gasteiger partial charge in [-0.05, 0) is 62.7 Å². The van der Waals surface area contributed by atoms with Crippen LogP contribution in [-0.4, -0.2) is 40.9 Å². The van der Waals surface area contributed by atoms with Crippen molar-refractivity contribution in [3.05, 3.63) is 57.6 Å². The van der Waals surface area contributed by atoms with E-state index in [-0.39, 0.29) is 11.7 Å². The van der Waals surface area contributed by atoms with Crippen molar-refractivity contribution in [3.63, 3.8) is 0 Å². The first-order chi connectivity index (χ1) is 14.6. The van der Waals surface area contributed by atoms with E-state index >= 15 is 0 Å². The smallest absolute Gasteiger partial charge is 0.266 e. The van der Waals surface area contributed by atoms with Gasteiger partial charge in [0.15, 0.2) is 11.4 Å². The Hall–Kier alpha value is -2.24. The monoisotopic (exact) mass is 461 g/mol. The van der Waals surface area contributed by atoms with Gasteiger partial charge in [0.05, 0.1) is 12.0 Å². The highest BCUT2D eigenvalue weighted by Gasteiger charge is 2.45. The van der Waals surface area contributed by atoms with Gasteiger partial charge in [-0.25, -0.2) is 0 Å². The minimum absolute atomic E-state index is 0.0364. The number of benzene rings is 2. The highest BCUT2D eigenvalue weighted by molar-refractivity contribution is 6.32. The summed E-state index contributed by atoms with van der Waals surface area (Å²) in [6.45, 7) is 6.42. The summed E-state index contributed by atoms with van der Waals surface area (Å²) in [6, 6.07) is 10.5. The summed E-state index contributed by atoms with van der Waals surface area (Å²) < 4.78 is 12.3. The molecular formula is C24H25Cl2NO4. The number of carbonyl (C=O) groups is 2. The first-order valence-electron chi connectivity index (χ1n) is 10.3. The molecule has 2 aromatic rings. The zero-order valence-electron chi connectivity index (χ0n) is 17.8. The maximum Gasteiger partial charge on any atom is 0.266 e. The first-order valence-corrected chi connectivity index (χ1v) is 11.1. The van der Waals surface area contributed by atoms with Crippen molar-refractivity contribution in [3.8, 4) is 11.5 Å². The molecule has 0 unspecified atom stereocenters. The molecule has 2 aromatic carbocycles. The molecule has 31 heavy (non-hydrogen) atoms. The summed E-state index contributed by atoms with van der Waals surface area (Å²) in [5.41, 5.74) is -0.194. The number of piperidine rings is 1. The second kappa shape index (κ2) is 8.03. The van der Waals surface area contributed by atoms with E-state index in [0.29, 0.717) is 59.5 Å². The Morgan fingerprint density at radius 2 is 1.77 bits per heavy atom. The Bertz CT molecular complexity index is 1020. The first kappa shape index (κ1) is 22.0. The molecule has 7 heteroatoms. The Kier molecular flexibility index (Phi) is 5.69. The zero-order chi connectivity index (χ0) is 22.4. The van der Waals surface area contributed by atoms with Crippen molar-refractivity contribution in [2.75, 3.05) is 13.1 Å². The van der Waals surface area contributed by atoms with Crippen LogP contribution in [0.5, 0.6) is 11.5 Å². The summed E-state index contributed by atoms with van der Waals surface area (Å²) in [7, 11) is 0. The third-order valence-corrected chi connectivity index (χ3v) is 6.69. The molecule has 2 aliphatic rings. The molecule has 2 aliphatic heterocycles. The highest BCUT2D eigenvalue weighted by Crippen LogP contribution is 2.41. The summed E-state index contributed by atoms with van der Waals surface area (Å²) in [5, 5.41) is 1.17. The van der Waals surface area contributed by atoms with E-state index in [4.69, 9.17) is 32.7 Å². The zero-order valence-corrected chi connectivity index (χ0v) is 19.3. The highest BCUT2D eigenvalue weighted by atomic mass is 35.5. The topological polar surface area (TPSA) is 55.8 Å². The standard InChI is InChI=1S/C24H25Cl2NO4/c1-15-12-21-18(13-19(15)26)20(28)14-24(31-21)8-10-27(11-9-24)22(29)23(2,3)30-17-6-4-16(25)5-7-17/h4-7,12-13H,8-11,14H2,1-3H3. The van der Waals surface area contributed by atoms with E-state index in [1.807, 2.05) is 13.0 Å². The van der Waals surface area contributed by atoms with Crippen molar-refractivity contribution < 1.29 is 19.1 Å². The number of Topliss-reactive ketones (excluding diaryl/α,β-unsaturated/α-hetero) is 1. The number of rotatable bonds is 3. The lowest BCUT2D eigenvalue weighted by molar-refractivity contribution is -0.149. The minimum atomic E-state index is -1.03. The van der Waals surface area contributed by atoms with E-state index < -0.39 is 11.2 Å². The van der Waals surface area contributed by atoms with Crippen LogP contribution in [0.1, 0.15) is 49.0 Å². The summed E-state index contributed by atoms with van der Waals surface area (Å²) in [6.07, 6.45) is 1.47. The van der Waals surface area contributed by atoms with Crippen LogP contribution in [0.25, 0.3) is 0 Å². The molecule has 0 aliphatic carbocycles. The molecular weight excluding hydrogens is 437 g/mol. The summed E-state index contributed by atoms with van der Waals surface area (Å²) in [4.78, 5) is 27.7. The number of ketones is 1. The fourth-order valence-electron chi connectivity index (χ4n) is 4.23. The molecule has 2 heterocycles. The lowest BCUT2D eigenvalue weighted by Crippen LogP contribution is -2.56. The third-order valence-electron chi connectivity index (χ3n) is 6.03. The van der Waals surface area contributed by atoms with Gasteiger partial charge in [-0.1, -0.05) is 23.2 Å². The normalized spacial score (nSPS) is 17.8. The fraction of sp³-hybridized carbons (Fsp3) is 0.417. The number of likely N-dealkylation sites (tertiary alicyclic amines) is 1. The number of hydrogen-bond acceptors (Lipinski definition) is 4. The van der Waals surface area contributed by atoms with Crippen LogP contribution >= 0.6 is 23.2 Å². The number of amides is 1. The SMILES string of the molecule is Cc1cc2c(cc1Cl)C(=O)CC1(CCN(C(=O)C(C)(C)Oc3ccc(Cl)cc3)CC1)O2. The van der Waals surface area contributed by atoms with Gasteiger partial charge in [0, 0.05) is 36.0 Å². The number of fused-ring (bicyclic) bond motifs is 1. The van der Waals surface area contributed by atoms with Gasteiger partial charge in [0.25, 0.3) is 5.91 Å². The molecule has 0 N–H and O–H groups in total. The Morgan fingerprint density at radius 1 is 1.13 bits per heavy atom. The molecule has 5 nitrogen and oxygen atoms in total. The molecule has 1 fully saturated rings. The molecule has 0 radical (unpaired) electrons. The quantitative estimate of drug-likeness (QED) is 0.606. The maximum atomic E-state index is 13.2. The van der Waals surface area contributed by atoms with Gasteiger partial charge in [-0.15, -0.1) is 0 Å². The molecule has 164 valence electrons. The molecule has 1 amide bonds. The molecule has 1 spiro atoms. The van der Waals surface area contributed by atoms with E-state index in [1.165, 1.54) is 0 Å². The largest absolute Gasteiger partial charge is 0.486 e. The second-order valence-corrected chi connectivity index (χ2v) is 9.68. The van der Waals surface area contributed by atoms with Crippen molar-refractivity contribution >= 4 is 34.9 Å². The van der Waals surface area contributed by atoms with Crippen LogP contribution in [0.3, 0.4) is 0 Å². The molecule has 1 saturated heterocycles. The van der Waals surface area contributed by atoms with Crippen LogP contribution in [0.2, 0.25) is 10.0 Å². The van der Waals surface area contributed by atoms with Gasteiger partial charge >= 0.3 is 0 Å². The second-order valence-electron chi connectivity index (χ2n) is 8.84. The van der Waals surface area contributed by atoms with Crippen LogP contribution in [-0.2, 0) is 4.79 Å². The molecule has 0 aromatic heterocycles. The molecule has 4 rings (SSSR count). The van der Waals surface area contributed by atoms with Crippen LogP contribution in [0.15, 0.2) is 36.4 Å². The van der Waals surface area contributed by atoms with Crippen LogP contribution in [0, 0.1) is 6.92 Å². The number of carbonyl (C=O) groups excluding carboxylic acids is 2. The molecule has 0 bridgehead atoms. The predicted molar refractivity (Wildman–Crippen MR) is 120 cm³/mol. The van der Waals surface area contributed by atoms with E-state index in [1.54, 1.807) is 49.1 Å². The van der Waals surface area contributed by atoms with E-state index in [9.17, 15) is 9.59 Å².